The Bertz CT molecular complexity index is 423. The smallest absolute Gasteiger partial charge is 0.248 e. The second-order valence-electron chi connectivity index (χ2n) is 3.44. The summed E-state index contributed by atoms with van der Waals surface area (Å²) in [6, 6.07) is 6.80. The van der Waals surface area contributed by atoms with Crippen LogP contribution in [0.5, 0.6) is 0 Å². The number of hydrogen-bond acceptors (Lipinski definition) is 3. The molecule has 1 aromatic rings. The first-order valence-electron chi connectivity index (χ1n) is 4.93. The fourth-order valence-corrected chi connectivity index (χ4v) is 1.36. The molecule has 0 radical (unpaired) electrons. The SMILES string of the molecule is CN(CC(=O)Nc1ccccc1Cl)C(=O)CO. The number of rotatable bonds is 4. The van der Waals surface area contributed by atoms with E-state index in [2.05, 4.69) is 5.32 Å². The first-order chi connectivity index (χ1) is 8.04. The molecule has 1 rings (SSSR count). The zero-order valence-electron chi connectivity index (χ0n) is 9.31. The van der Waals surface area contributed by atoms with Crippen LogP contribution in [0.25, 0.3) is 0 Å². The second kappa shape index (κ2) is 6.22. The van der Waals surface area contributed by atoms with Crippen LogP contribution in [0.4, 0.5) is 5.69 Å². The average Bonchev–Trinajstić information content (AvgIpc) is 2.31. The Morgan fingerprint density at radius 2 is 2.06 bits per heavy atom. The molecule has 92 valence electrons. The highest BCUT2D eigenvalue weighted by Gasteiger charge is 2.12. The maximum absolute atomic E-state index is 11.6. The Balaban J connectivity index is 2.56. The average molecular weight is 257 g/mol. The molecule has 0 atom stereocenters. The first kappa shape index (κ1) is 13.5. The van der Waals surface area contributed by atoms with Crippen molar-refractivity contribution in [2.45, 2.75) is 0 Å². The molecule has 2 N–H and O–H groups in total. The van der Waals surface area contributed by atoms with Crippen LogP contribution < -0.4 is 5.32 Å². The third-order valence-corrected chi connectivity index (χ3v) is 2.42. The molecule has 0 aliphatic rings. The molecule has 6 heteroatoms. The molecule has 5 nitrogen and oxygen atoms in total. The van der Waals surface area contributed by atoms with E-state index in [0.29, 0.717) is 10.7 Å². The molecule has 0 saturated heterocycles. The summed E-state index contributed by atoms with van der Waals surface area (Å²) in [5.74, 6) is -0.887. The number of carbonyl (C=O) groups excluding carboxylic acids is 2. The van der Waals surface area contributed by atoms with Gasteiger partial charge in [-0.2, -0.15) is 0 Å². The molecule has 0 fully saturated rings. The van der Waals surface area contributed by atoms with Gasteiger partial charge in [-0.25, -0.2) is 0 Å². The van der Waals surface area contributed by atoms with Gasteiger partial charge in [0.05, 0.1) is 17.3 Å². The number of hydrogen-bond donors (Lipinski definition) is 2. The van der Waals surface area contributed by atoms with Gasteiger partial charge < -0.3 is 15.3 Å². The van der Waals surface area contributed by atoms with Crippen LogP contribution in [0.2, 0.25) is 5.02 Å². The molecular weight excluding hydrogens is 244 g/mol. The summed E-state index contributed by atoms with van der Waals surface area (Å²) >= 11 is 5.86. The van der Waals surface area contributed by atoms with E-state index in [1.54, 1.807) is 24.3 Å². The lowest BCUT2D eigenvalue weighted by atomic mass is 10.3. The number of aliphatic hydroxyl groups is 1. The van der Waals surface area contributed by atoms with Gasteiger partial charge in [0.1, 0.15) is 6.61 Å². The molecule has 0 heterocycles. The summed E-state index contributed by atoms with van der Waals surface area (Å²) in [5, 5.41) is 11.6. The van der Waals surface area contributed by atoms with Crippen molar-refractivity contribution in [2.75, 3.05) is 25.5 Å². The fourth-order valence-electron chi connectivity index (χ4n) is 1.18. The monoisotopic (exact) mass is 256 g/mol. The highest BCUT2D eigenvalue weighted by atomic mass is 35.5. The minimum atomic E-state index is -0.615. The summed E-state index contributed by atoms with van der Waals surface area (Å²) in [6.45, 7) is -0.750. The first-order valence-corrected chi connectivity index (χ1v) is 5.31. The summed E-state index contributed by atoms with van der Waals surface area (Å²) in [4.78, 5) is 23.7. The van der Waals surface area contributed by atoms with Crippen molar-refractivity contribution in [3.05, 3.63) is 29.3 Å². The fraction of sp³-hybridized carbons (Fsp3) is 0.273. The van der Waals surface area contributed by atoms with Crippen molar-refractivity contribution in [2.24, 2.45) is 0 Å². The maximum Gasteiger partial charge on any atom is 0.248 e. The van der Waals surface area contributed by atoms with E-state index in [1.807, 2.05) is 0 Å². The number of aliphatic hydroxyl groups excluding tert-OH is 1. The standard InChI is InChI=1S/C11H13ClN2O3/c1-14(11(17)7-15)6-10(16)13-9-5-3-2-4-8(9)12/h2-5,15H,6-7H2,1H3,(H,13,16). The highest BCUT2D eigenvalue weighted by Crippen LogP contribution is 2.20. The van der Waals surface area contributed by atoms with Crippen LogP contribution in [0.15, 0.2) is 24.3 Å². The van der Waals surface area contributed by atoms with Crippen molar-refractivity contribution in [3.8, 4) is 0 Å². The number of nitrogens with one attached hydrogen (secondary N) is 1. The van der Waals surface area contributed by atoms with Crippen molar-refractivity contribution in [1.82, 2.24) is 4.90 Å². The van der Waals surface area contributed by atoms with Crippen LogP contribution in [0.1, 0.15) is 0 Å². The molecule has 0 aliphatic heterocycles. The van der Waals surface area contributed by atoms with Crippen LogP contribution in [0.3, 0.4) is 0 Å². The van der Waals surface area contributed by atoms with Crippen LogP contribution in [0, 0.1) is 0 Å². The Hall–Kier alpha value is -1.59. The number of para-hydroxylation sites is 1. The molecule has 0 aromatic heterocycles. The summed E-state index contributed by atoms with van der Waals surface area (Å²) in [7, 11) is 1.44. The molecule has 1 aromatic carbocycles. The number of carbonyl (C=O) groups is 2. The van der Waals surface area contributed by atoms with Gasteiger partial charge in [0, 0.05) is 7.05 Å². The predicted molar refractivity (Wildman–Crippen MR) is 64.8 cm³/mol. The molecule has 0 aliphatic carbocycles. The van der Waals surface area contributed by atoms with Crippen molar-refractivity contribution in [1.29, 1.82) is 0 Å². The third-order valence-electron chi connectivity index (χ3n) is 2.09. The molecule has 0 bridgehead atoms. The number of benzene rings is 1. The van der Waals surface area contributed by atoms with E-state index >= 15 is 0 Å². The largest absolute Gasteiger partial charge is 0.387 e. The normalized spacial score (nSPS) is 9.82. The lowest BCUT2D eigenvalue weighted by Gasteiger charge is -2.15. The lowest BCUT2D eigenvalue weighted by molar-refractivity contribution is -0.135. The Morgan fingerprint density at radius 1 is 1.41 bits per heavy atom. The number of nitrogens with zero attached hydrogens (tertiary/aromatic N) is 1. The molecule has 0 saturated carbocycles. The third kappa shape index (κ3) is 4.05. The van der Waals surface area contributed by atoms with Gasteiger partial charge in [-0.3, -0.25) is 9.59 Å². The number of likely N-dealkylation sites (N-methyl/N-ethyl adjacent to an activating group) is 1. The number of anilines is 1. The molecule has 0 unspecified atom stereocenters. The minimum Gasteiger partial charge on any atom is -0.387 e. The second-order valence-corrected chi connectivity index (χ2v) is 3.84. The molecular formula is C11H13ClN2O3. The number of amides is 2. The van der Waals surface area contributed by atoms with E-state index in [-0.39, 0.29) is 12.5 Å². The minimum absolute atomic E-state index is 0.134. The highest BCUT2D eigenvalue weighted by molar-refractivity contribution is 6.33. The Labute approximate surface area is 104 Å². The van der Waals surface area contributed by atoms with Crippen LogP contribution in [-0.2, 0) is 9.59 Å². The van der Waals surface area contributed by atoms with Gasteiger partial charge in [0.25, 0.3) is 0 Å². The molecule has 17 heavy (non-hydrogen) atoms. The number of halogens is 1. The van der Waals surface area contributed by atoms with Gasteiger partial charge in [-0.05, 0) is 12.1 Å². The van der Waals surface area contributed by atoms with E-state index in [4.69, 9.17) is 16.7 Å². The van der Waals surface area contributed by atoms with E-state index in [1.165, 1.54) is 7.05 Å². The Kier molecular flexibility index (Phi) is 4.93. The molecule has 0 spiro atoms. The van der Waals surface area contributed by atoms with Gasteiger partial charge in [-0.15, -0.1) is 0 Å². The van der Waals surface area contributed by atoms with Gasteiger partial charge >= 0.3 is 0 Å². The van der Waals surface area contributed by atoms with Gasteiger partial charge in [0.2, 0.25) is 11.8 Å². The van der Waals surface area contributed by atoms with Crippen molar-refractivity contribution < 1.29 is 14.7 Å². The van der Waals surface area contributed by atoms with Gasteiger partial charge in [-0.1, -0.05) is 23.7 Å². The van der Waals surface area contributed by atoms with Crippen LogP contribution in [-0.4, -0.2) is 42.0 Å². The van der Waals surface area contributed by atoms with Gasteiger partial charge in [0.15, 0.2) is 0 Å². The predicted octanol–water partition coefficient (Wildman–Crippen LogP) is 0.729. The maximum atomic E-state index is 11.6. The summed E-state index contributed by atoms with van der Waals surface area (Å²) < 4.78 is 0. The van der Waals surface area contributed by atoms with Crippen LogP contribution >= 0.6 is 11.6 Å². The topological polar surface area (TPSA) is 69.6 Å². The van der Waals surface area contributed by atoms with Crippen molar-refractivity contribution in [3.63, 3.8) is 0 Å². The zero-order valence-corrected chi connectivity index (χ0v) is 10.1. The van der Waals surface area contributed by atoms with E-state index < -0.39 is 12.5 Å². The van der Waals surface area contributed by atoms with Crippen molar-refractivity contribution >= 4 is 29.1 Å². The zero-order chi connectivity index (χ0) is 12.8. The molecule has 2 amide bonds. The van der Waals surface area contributed by atoms with E-state index in [9.17, 15) is 9.59 Å². The Morgan fingerprint density at radius 3 is 2.65 bits per heavy atom. The van der Waals surface area contributed by atoms with E-state index in [0.717, 1.165) is 4.90 Å². The quantitative estimate of drug-likeness (QED) is 0.834. The lowest BCUT2D eigenvalue weighted by Crippen LogP contribution is -2.36. The summed E-state index contributed by atoms with van der Waals surface area (Å²) in [6.07, 6.45) is 0. The summed E-state index contributed by atoms with van der Waals surface area (Å²) in [5.41, 5.74) is 0.490.